The van der Waals surface area contributed by atoms with Gasteiger partial charge in [-0.25, -0.2) is 4.57 Å². The van der Waals surface area contributed by atoms with E-state index in [1.807, 2.05) is 0 Å². The van der Waals surface area contributed by atoms with E-state index < -0.39 is 30.4 Å². The van der Waals surface area contributed by atoms with Gasteiger partial charge in [-0.3, -0.25) is 18.4 Å². The van der Waals surface area contributed by atoms with Crippen LogP contribution >= 0.6 is 7.82 Å². The molecule has 0 atom stereocenters. The van der Waals surface area contributed by atoms with Gasteiger partial charge in [0.25, 0.3) is 0 Å². The Balaban J connectivity index is 5.09. The highest BCUT2D eigenvalue weighted by Crippen LogP contribution is 2.56. The zero-order valence-electron chi connectivity index (χ0n) is 14.6. The van der Waals surface area contributed by atoms with E-state index >= 15 is 0 Å². The second kappa shape index (κ2) is 6.78. The molecule has 0 aliphatic rings. The second-order valence-corrected chi connectivity index (χ2v) is 9.02. The summed E-state index contributed by atoms with van der Waals surface area (Å²) < 4.78 is 33.8. The molecule has 0 spiro atoms. The van der Waals surface area contributed by atoms with Crippen LogP contribution < -0.4 is 0 Å². The third-order valence-corrected chi connectivity index (χ3v) is 4.08. The summed E-state index contributed by atoms with van der Waals surface area (Å²) in [5.74, 6) is -0.458. The molecular formula is C14H29O6P. The molecule has 0 N–H and O–H groups in total. The van der Waals surface area contributed by atoms with Crippen LogP contribution in [0.1, 0.15) is 55.4 Å². The molecule has 0 saturated carbocycles. The van der Waals surface area contributed by atoms with Crippen molar-refractivity contribution in [1.29, 1.82) is 0 Å². The van der Waals surface area contributed by atoms with Gasteiger partial charge in [-0.15, -0.1) is 0 Å². The van der Waals surface area contributed by atoms with Crippen LogP contribution in [0, 0.1) is 5.41 Å². The molecule has 0 bridgehead atoms. The lowest BCUT2D eigenvalue weighted by molar-refractivity contribution is -0.152. The van der Waals surface area contributed by atoms with Gasteiger partial charge in [-0.2, -0.15) is 0 Å². The number of carbonyl (C=O) groups is 1. The van der Waals surface area contributed by atoms with Crippen molar-refractivity contribution in [2.75, 3.05) is 13.7 Å². The monoisotopic (exact) mass is 324 g/mol. The molecule has 0 radical (unpaired) electrons. The Hall–Kier alpha value is -0.420. The first-order chi connectivity index (χ1) is 9.10. The average molecular weight is 324 g/mol. The summed E-state index contributed by atoms with van der Waals surface area (Å²) in [6, 6.07) is 0. The Bertz CT molecular complexity index is 383. The van der Waals surface area contributed by atoms with Crippen LogP contribution in [0.15, 0.2) is 0 Å². The molecule has 7 heteroatoms. The molecule has 0 aliphatic heterocycles. The van der Waals surface area contributed by atoms with E-state index in [0.717, 1.165) is 0 Å². The first-order valence-corrected chi connectivity index (χ1v) is 8.31. The summed E-state index contributed by atoms with van der Waals surface area (Å²) in [4.78, 5) is 11.6. The highest BCUT2D eigenvalue weighted by Gasteiger charge is 2.40. The zero-order valence-corrected chi connectivity index (χ0v) is 15.5. The van der Waals surface area contributed by atoms with Crippen molar-refractivity contribution in [3.63, 3.8) is 0 Å². The van der Waals surface area contributed by atoms with Gasteiger partial charge in [0.2, 0.25) is 0 Å². The number of phosphoric ester groups is 1. The lowest BCUT2D eigenvalue weighted by Crippen LogP contribution is -2.32. The van der Waals surface area contributed by atoms with Gasteiger partial charge < -0.3 is 4.74 Å². The summed E-state index contributed by atoms with van der Waals surface area (Å²) in [5, 5.41) is 0. The van der Waals surface area contributed by atoms with Crippen LogP contribution in [0.25, 0.3) is 0 Å². The van der Waals surface area contributed by atoms with Crippen molar-refractivity contribution >= 4 is 13.8 Å². The van der Waals surface area contributed by atoms with Gasteiger partial charge in [0.05, 0.1) is 30.3 Å². The summed E-state index contributed by atoms with van der Waals surface area (Å²) in [6.07, 6.45) is 0. The molecule has 0 rings (SSSR count). The van der Waals surface area contributed by atoms with E-state index in [1.54, 1.807) is 55.4 Å². The zero-order chi connectivity index (χ0) is 17.1. The Morgan fingerprint density at radius 1 is 0.905 bits per heavy atom. The van der Waals surface area contributed by atoms with Crippen molar-refractivity contribution in [3.8, 4) is 0 Å². The number of rotatable bonds is 6. The molecule has 0 amide bonds. The van der Waals surface area contributed by atoms with Gasteiger partial charge in [0.15, 0.2) is 0 Å². The third-order valence-electron chi connectivity index (χ3n) is 2.09. The Labute approximate surface area is 128 Å². The molecule has 6 nitrogen and oxygen atoms in total. The highest BCUT2D eigenvalue weighted by atomic mass is 31.2. The van der Waals surface area contributed by atoms with E-state index in [2.05, 4.69) is 0 Å². The minimum Gasteiger partial charge on any atom is -0.469 e. The van der Waals surface area contributed by atoms with Crippen LogP contribution in [-0.2, 0) is 27.7 Å². The highest BCUT2D eigenvalue weighted by molar-refractivity contribution is 7.48. The third kappa shape index (κ3) is 8.57. The molecule has 0 aliphatic carbocycles. The van der Waals surface area contributed by atoms with Gasteiger partial charge in [0.1, 0.15) is 0 Å². The number of esters is 1. The van der Waals surface area contributed by atoms with Crippen molar-refractivity contribution in [2.45, 2.75) is 66.6 Å². The number of phosphoric acid groups is 1. The van der Waals surface area contributed by atoms with Crippen molar-refractivity contribution in [3.05, 3.63) is 0 Å². The maximum Gasteiger partial charge on any atom is 0.475 e. The minimum atomic E-state index is -3.82. The van der Waals surface area contributed by atoms with Crippen molar-refractivity contribution in [2.24, 2.45) is 5.41 Å². The van der Waals surface area contributed by atoms with Crippen LogP contribution in [0.4, 0.5) is 0 Å². The van der Waals surface area contributed by atoms with E-state index in [9.17, 15) is 9.36 Å². The van der Waals surface area contributed by atoms with Gasteiger partial charge >= 0.3 is 13.8 Å². The molecular weight excluding hydrogens is 295 g/mol. The quantitative estimate of drug-likeness (QED) is 0.544. The van der Waals surface area contributed by atoms with Crippen LogP contribution in [-0.4, -0.2) is 30.9 Å². The fourth-order valence-corrected chi connectivity index (χ4v) is 3.28. The smallest absolute Gasteiger partial charge is 0.469 e. The lowest BCUT2D eigenvalue weighted by Gasteiger charge is -2.32. The number of hydrogen-bond acceptors (Lipinski definition) is 6. The fraction of sp³-hybridized carbons (Fsp3) is 0.929. The molecule has 0 fully saturated rings. The predicted molar refractivity (Wildman–Crippen MR) is 81.0 cm³/mol. The maximum absolute atomic E-state index is 12.8. The molecule has 126 valence electrons. The van der Waals surface area contributed by atoms with Crippen LogP contribution in [0.2, 0.25) is 0 Å². The Morgan fingerprint density at radius 3 is 1.57 bits per heavy atom. The van der Waals surface area contributed by atoms with Crippen molar-refractivity contribution < 1.29 is 27.7 Å². The summed E-state index contributed by atoms with van der Waals surface area (Å²) >= 11 is 0. The summed E-state index contributed by atoms with van der Waals surface area (Å²) in [5.41, 5.74) is -2.38. The number of hydrogen-bond donors (Lipinski definition) is 0. The largest absolute Gasteiger partial charge is 0.475 e. The molecule has 0 aromatic carbocycles. The van der Waals surface area contributed by atoms with E-state index in [0.29, 0.717) is 0 Å². The van der Waals surface area contributed by atoms with Crippen LogP contribution in [0.3, 0.4) is 0 Å². The molecule has 21 heavy (non-hydrogen) atoms. The summed E-state index contributed by atoms with van der Waals surface area (Å²) in [7, 11) is -2.52. The summed E-state index contributed by atoms with van der Waals surface area (Å²) in [6.45, 7) is 13.6. The molecule has 0 heterocycles. The SMILES string of the molecule is COC(=O)C(C)(C)COP(=O)(OC(C)(C)C)OC(C)(C)C. The first-order valence-electron chi connectivity index (χ1n) is 6.85. The van der Waals surface area contributed by atoms with Gasteiger partial charge in [-0.05, 0) is 55.4 Å². The van der Waals surface area contributed by atoms with Gasteiger partial charge in [0, 0.05) is 0 Å². The average Bonchev–Trinajstić information content (AvgIpc) is 2.20. The van der Waals surface area contributed by atoms with E-state index in [1.165, 1.54) is 7.11 Å². The van der Waals surface area contributed by atoms with E-state index in [4.69, 9.17) is 18.3 Å². The normalized spacial score (nSPS) is 14.1. The number of carbonyl (C=O) groups excluding carboxylic acids is 1. The molecule has 0 aromatic heterocycles. The van der Waals surface area contributed by atoms with Crippen LogP contribution in [0.5, 0.6) is 0 Å². The first kappa shape index (κ1) is 20.6. The van der Waals surface area contributed by atoms with Gasteiger partial charge in [-0.1, -0.05) is 0 Å². The second-order valence-electron chi connectivity index (χ2n) is 7.50. The Morgan fingerprint density at radius 2 is 1.29 bits per heavy atom. The number of methoxy groups -OCH3 is 1. The van der Waals surface area contributed by atoms with Crippen molar-refractivity contribution in [1.82, 2.24) is 0 Å². The Kier molecular flexibility index (Phi) is 6.64. The topological polar surface area (TPSA) is 71.1 Å². The fourth-order valence-electron chi connectivity index (χ4n) is 1.32. The molecule has 0 saturated heterocycles. The standard InChI is InChI=1S/C14H29O6P/c1-12(2,3)19-21(16,20-13(4,5)6)18-10-14(7,8)11(15)17-9/h10H2,1-9H3. The minimum absolute atomic E-state index is 0.136. The number of ether oxygens (including phenoxy) is 1. The van der Waals surface area contributed by atoms with E-state index in [-0.39, 0.29) is 6.61 Å². The molecule has 0 unspecified atom stereocenters. The maximum atomic E-state index is 12.8. The predicted octanol–water partition coefficient (Wildman–Crippen LogP) is 3.94. The molecule has 0 aromatic rings. The lowest BCUT2D eigenvalue weighted by atomic mass is 9.95.